The fraction of sp³-hybridized carbons (Fsp3) is 0. The first kappa shape index (κ1) is 12.7. The fourth-order valence-corrected chi connectivity index (χ4v) is 4.81. The van der Waals surface area contributed by atoms with Crippen LogP contribution in [0, 0.1) is 11.5 Å². The molecule has 0 unspecified atom stereocenters. The minimum absolute atomic E-state index is 0.569. The monoisotopic (exact) mass is 213 g/mol. The van der Waals surface area contributed by atoms with Gasteiger partial charge in [0.1, 0.15) is 21.0 Å². The van der Waals surface area contributed by atoms with Crippen LogP contribution in [0.3, 0.4) is 0 Å². The number of hydrogen-bond acceptors (Lipinski definition) is 5. The molecule has 0 amide bonds. The molecule has 60 valence electrons. The Balaban J connectivity index is 0. The van der Waals surface area contributed by atoms with Crippen LogP contribution in [0.25, 0.3) is 0 Å². The molecule has 0 radical (unpaired) electrons. The van der Waals surface area contributed by atoms with Crippen LogP contribution in [-0.2, 0) is 12.3 Å². The number of hydrogen-bond donors (Lipinski definition) is 1. The molecule has 0 aliphatic rings. The maximum atomic E-state index is 6.88. The van der Waals surface area contributed by atoms with Gasteiger partial charge in [-0.3, -0.25) is 0 Å². The smallest absolute Gasteiger partial charge is 0.284 e. The maximum absolute atomic E-state index is 6.88. The van der Waals surface area contributed by atoms with E-state index in [-0.39, 0.29) is 0 Å². The van der Waals surface area contributed by atoms with Gasteiger partial charge in [0.15, 0.2) is 0 Å². The van der Waals surface area contributed by atoms with Gasteiger partial charge in [-0.2, -0.15) is 5.26 Å². The highest BCUT2D eigenvalue weighted by Gasteiger charge is 1.80. The molecule has 0 saturated heterocycles. The molecule has 0 spiro atoms. The lowest BCUT2D eigenvalue weighted by Crippen LogP contribution is -2.08. The Bertz CT molecular complexity index is 79.8. The summed E-state index contributed by atoms with van der Waals surface area (Å²) in [7, 11) is 0.504. The van der Waals surface area contributed by atoms with E-state index in [2.05, 4.69) is 0 Å². The summed E-state index contributed by atoms with van der Waals surface area (Å²) in [6.45, 7) is 0. The molecule has 10 heavy (non-hydrogen) atoms. The van der Waals surface area contributed by atoms with Crippen LogP contribution in [0.15, 0.2) is 0 Å². The van der Waals surface area contributed by atoms with Crippen LogP contribution in [-0.4, -0.2) is 46.1 Å². The third-order valence-corrected chi connectivity index (χ3v) is 3.62. The molecule has 0 fully saturated rings. The average molecular weight is 213 g/mol. The second-order valence-corrected chi connectivity index (χ2v) is 7.84. The minimum atomic E-state index is -0.569. The lowest BCUT2D eigenvalue weighted by molar-refractivity contribution is 0.443. The summed E-state index contributed by atoms with van der Waals surface area (Å²) in [6.07, 6.45) is 0.750. The normalized spacial score (nSPS) is 10.3. The molecule has 0 atom stereocenters. The summed E-state index contributed by atoms with van der Waals surface area (Å²) >= 11 is 0. The van der Waals surface area contributed by atoms with E-state index >= 15 is 0 Å². The van der Waals surface area contributed by atoms with Gasteiger partial charge in [-0.15, -0.1) is 0 Å². The highest BCUT2D eigenvalue weighted by Crippen LogP contribution is 1.63. The second kappa shape index (κ2) is 16.0. The molecule has 0 heterocycles. The molecule has 0 aromatic heterocycles. The molecule has 0 aliphatic heterocycles. The Morgan fingerprint density at radius 3 is 1.80 bits per heavy atom. The van der Waals surface area contributed by atoms with Gasteiger partial charge in [0.25, 0.3) is 26.3 Å². The molecule has 0 rings (SSSR count). The molecule has 0 bridgehead atoms. The van der Waals surface area contributed by atoms with E-state index in [1.807, 2.05) is 0 Å². The van der Waals surface area contributed by atoms with Gasteiger partial charge in [-0.1, -0.05) is 0 Å². The van der Waals surface area contributed by atoms with Crippen molar-refractivity contribution >= 4 is 41.0 Å². The largest absolute Gasteiger partial charge is 0.449 e. The fourth-order valence-electron chi connectivity index (χ4n) is 0.201. The van der Waals surface area contributed by atoms with Crippen molar-refractivity contribution in [1.29, 1.82) is 5.26 Å². The van der Waals surface area contributed by atoms with Gasteiger partial charge in [0, 0.05) is 0 Å². The van der Waals surface area contributed by atoms with Crippen molar-refractivity contribution < 1.29 is 17.5 Å². The van der Waals surface area contributed by atoms with E-state index in [9.17, 15) is 0 Å². The molecule has 0 aliphatic carbocycles. The lowest BCUT2D eigenvalue weighted by Gasteiger charge is -1.97. The maximum Gasteiger partial charge on any atom is 0.284 e. The van der Waals surface area contributed by atoms with Gasteiger partial charge in [0.2, 0.25) is 0 Å². The molecular formula is CH11NO4Si4. The van der Waals surface area contributed by atoms with E-state index in [0.717, 1.165) is 27.2 Å². The highest BCUT2D eigenvalue weighted by atomic mass is 28.4. The molecule has 0 aromatic carbocycles. The minimum Gasteiger partial charge on any atom is -0.449 e. The Kier molecular flexibility index (Phi) is 20.3. The number of nitriles is 1. The van der Waals surface area contributed by atoms with E-state index in [1.54, 1.807) is 0 Å². The summed E-state index contributed by atoms with van der Waals surface area (Å²) in [6, 6.07) is 0. The highest BCUT2D eigenvalue weighted by molar-refractivity contribution is 6.40. The quantitative estimate of drug-likeness (QED) is 0.289. The number of nitrogens with zero attached hydrogens (tertiary/aromatic N) is 1. The van der Waals surface area contributed by atoms with E-state index in [0.29, 0.717) is 0 Å². The van der Waals surface area contributed by atoms with Crippen LogP contribution in [0.1, 0.15) is 0 Å². The van der Waals surface area contributed by atoms with Crippen molar-refractivity contribution in [3.63, 3.8) is 0 Å². The standard InChI is InChI=1S/CHNO.H10O3Si4/c2-1-3;4-1-6-3-7-2-5/h3H;6-7H2,4-5H3. The Morgan fingerprint density at radius 1 is 1.30 bits per heavy atom. The Hall–Kier alpha value is 0.0375. The Labute approximate surface area is 70.5 Å². The van der Waals surface area contributed by atoms with Gasteiger partial charge in [0.05, 0.1) is 0 Å². The molecule has 0 aromatic rings. The van der Waals surface area contributed by atoms with Crippen molar-refractivity contribution in [2.24, 2.45) is 0 Å². The average Bonchev–Trinajstić information content (AvgIpc) is 1.91. The van der Waals surface area contributed by atoms with Gasteiger partial charge >= 0.3 is 0 Å². The first-order valence-electron chi connectivity index (χ1n) is 2.42. The predicted molar refractivity (Wildman–Crippen MR) is 47.8 cm³/mol. The first-order chi connectivity index (χ1) is 4.83. The van der Waals surface area contributed by atoms with Crippen LogP contribution < -0.4 is 0 Å². The second-order valence-electron chi connectivity index (χ2n) is 1.12. The van der Waals surface area contributed by atoms with E-state index in [1.165, 1.54) is 0 Å². The van der Waals surface area contributed by atoms with Crippen molar-refractivity contribution in [2.75, 3.05) is 0 Å². The zero-order valence-electron chi connectivity index (χ0n) is 6.03. The van der Waals surface area contributed by atoms with Gasteiger partial charge in [-0.05, 0) is 0 Å². The molecule has 1 N–H and O–H groups in total. The van der Waals surface area contributed by atoms with Crippen molar-refractivity contribution in [3.05, 3.63) is 0 Å². The summed E-state index contributed by atoms with van der Waals surface area (Å²) in [4.78, 5) is 0. The van der Waals surface area contributed by atoms with E-state index in [4.69, 9.17) is 22.7 Å². The SMILES string of the molecule is N#CO.[SiH3]O[SiH2]O[SiH2]O[SiH3]. The van der Waals surface area contributed by atoms with Crippen LogP contribution in [0.5, 0.6) is 0 Å². The van der Waals surface area contributed by atoms with Crippen molar-refractivity contribution in [1.82, 2.24) is 0 Å². The van der Waals surface area contributed by atoms with Crippen LogP contribution in [0.2, 0.25) is 0 Å². The van der Waals surface area contributed by atoms with Crippen molar-refractivity contribution in [3.8, 4) is 6.26 Å². The molecule has 9 heteroatoms. The lowest BCUT2D eigenvalue weighted by atomic mass is 11.6. The number of aliphatic hydroxyl groups excluding tert-OH is 1. The summed E-state index contributed by atoms with van der Waals surface area (Å²) < 4.78 is 14.8. The topological polar surface area (TPSA) is 71.7 Å². The van der Waals surface area contributed by atoms with E-state index < -0.39 is 20.0 Å². The summed E-state index contributed by atoms with van der Waals surface area (Å²) in [5.74, 6) is 0. The predicted octanol–water partition coefficient (Wildman–Crippen LogP) is -4.57. The number of aliphatic hydroxyl groups is 1. The molecule has 0 saturated carbocycles. The number of rotatable bonds is 4. The van der Waals surface area contributed by atoms with Gasteiger partial charge in [-0.25, -0.2) is 0 Å². The van der Waals surface area contributed by atoms with Crippen LogP contribution >= 0.6 is 0 Å². The Morgan fingerprint density at radius 2 is 1.60 bits per heavy atom. The first-order valence-corrected chi connectivity index (χ1v) is 6.36. The molecule has 5 nitrogen and oxygen atoms in total. The third-order valence-electron chi connectivity index (χ3n) is 0.402. The zero-order valence-corrected chi connectivity index (χ0v) is 12.9. The van der Waals surface area contributed by atoms with Crippen LogP contribution in [0.4, 0.5) is 0 Å². The summed E-state index contributed by atoms with van der Waals surface area (Å²) in [5, 5.41) is 13.8. The third kappa shape index (κ3) is 24.4. The summed E-state index contributed by atoms with van der Waals surface area (Å²) in [5.41, 5.74) is 0. The van der Waals surface area contributed by atoms with Crippen molar-refractivity contribution in [2.45, 2.75) is 0 Å². The van der Waals surface area contributed by atoms with Gasteiger partial charge < -0.3 is 17.5 Å². The molecular weight excluding hydrogens is 202 g/mol. The zero-order chi connectivity index (χ0) is 8.24.